The summed E-state index contributed by atoms with van der Waals surface area (Å²) in [4.78, 5) is 14.9. The van der Waals surface area contributed by atoms with Crippen LogP contribution in [0.4, 0.5) is 8.78 Å². The van der Waals surface area contributed by atoms with Crippen LogP contribution in [0.25, 0.3) is 0 Å². The molecule has 1 atom stereocenters. The first-order valence-corrected chi connectivity index (χ1v) is 14.1. The maximum Gasteiger partial charge on any atom is 0.225 e. The molecule has 194 valence electrons. The van der Waals surface area contributed by atoms with E-state index in [1.165, 1.54) is 18.2 Å². The number of amides is 1. The fourth-order valence-electron chi connectivity index (χ4n) is 5.88. The Hall–Kier alpha value is -2.36. The Morgan fingerprint density at radius 2 is 1.64 bits per heavy atom. The van der Waals surface area contributed by atoms with Crippen LogP contribution < -0.4 is 0 Å². The first-order valence-electron chi connectivity index (χ1n) is 12.6. The minimum Gasteiger partial charge on any atom is -0.368 e. The van der Waals surface area contributed by atoms with Gasteiger partial charge in [-0.15, -0.1) is 0 Å². The molecule has 0 bridgehead atoms. The van der Waals surface area contributed by atoms with Crippen molar-refractivity contribution in [1.82, 2.24) is 4.90 Å². The molecular weight excluding hydrogens is 488 g/mol. The lowest BCUT2D eigenvalue weighted by Crippen LogP contribution is -2.43. The van der Waals surface area contributed by atoms with E-state index < -0.39 is 32.5 Å². The highest BCUT2D eigenvalue weighted by molar-refractivity contribution is 7.92. The molecule has 0 spiro atoms. The molecule has 1 amide bonds. The fourth-order valence-corrected chi connectivity index (χ4v) is 7.95. The zero-order valence-electron chi connectivity index (χ0n) is 19.9. The number of hydrogen-bond acceptors (Lipinski definition) is 5. The Balaban J connectivity index is 1.47. The highest BCUT2D eigenvalue weighted by atomic mass is 32.2. The van der Waals surface area contributed by atoms with Crippen LogP contribution in [0.1, 0.15) is 62.0 Å². The first-order chi connectivity index (χ1) is 17.1. The van der Waals surface area contributed by atoms with E-state index in [2.05, 4.69) is 0 Å². The summed E-state index contributed by atoms with van der Waals surface area (Å²) in [5, 5.41) is 18.9. The molecule has 9 heteroatoms. The number of aliphatic hydroxyl groups is 2. The van der Waals surface area contributed by atoms with Crippen molar-refractivity contribution in [3.05, 3.63) is 65.2 Å². The van der Waals surface area contributed by atoms with Crippen molar-refractivity contribution in [2.24, 2.45) is 11.8 Å². The Bertz CT molecular complexity index is 1240. The SMILES string of the molecule is O=C(C1CCC(C(O)O)CC1)N1CC[C@](c2ccc(C3CC3)c(F)c2)(S(=O)(=O)c2ccc(F)cc2)C1. The van der Waals surface area contributed by atoms with Crippen molar-refractivity contribution in [3.8, 4) is 0 Å². The second-order valence-electron chi connectivity index (χ2n) is 10.5. The van der Waals surface area contributed by atoms with Gasteiger partial charge >= 0.3 is 0 Å². The van der Waals surface area contributed by atoms with Gasteiger partial charge in [0.2, 0.25) is 5.91 Å². The summed E-state index contributed by atoms with van der Waals surface area (Å²) in [6.07, 6.45) is 2.53. The number of carbonyl (C=O) groups is 1. The van der Waals surface area contributed by atoms with Gasteiger partial charge in [-0.3, -0.25) is 4.79 Å². The van der Waals surface area contributed by atoms with Crippen LogP contribution in [0.5, 0.6) is 0 Å². The number of aliphatic hydroxyl groups excluding tert-OH is 1. The molecule has 1 aliphatic heterocycles. The topological polar surface area (TPSA) is 94.9 Å². The van der Waals surface area contributed by atoms with E-state index in [-0.39, 0.29) is 48.1 Å². The van der Waals surface area contributed by atoms with Gasteiger partial charge in [0.25, 0.3) is 0 Å². The molecule has 2 N–H and O–H groups in total. The third-order valence-corrected chi connectivity index (χ3v) is 10.8. The summed E-state index contributed by atoms with van der Waals surface area (Å²) in [5.41, 5.74) is 0.887. The maximum absolute atomic E-state index is 15.1. The predicted molar refractivity (Wildman–Crippen MR) is 129 cm³/mol. The molecule has 36 heavy (non-hydrogen) atoms. The smallest absolute Gasteiger partial charge is 0.225 e. The predicted octanol–water partition coefficient (Wildman–Crippen LogP) is 3.86. The van der Waals surface area contributed by atoms with Gasteiger partial charge in [-0.1, -0.05) is 12.1 Å². The van der Waals surface area contributed by atoms with Crippen molar-refractivity contribution < 1.29 is 32.2 Å². The number of halogens is 2. The lowest BCUT2D eigenvalue weighted by atomic mass is 9.81. The van der Waals surface area contributed by atoms with E-state index in [4.69, 9.17) is 0 Å². The molecule has 0 radical (unpaired) electrons. The summed E-state index contributed by atoms with van der Waals surface area (Å²) in [6.45, 7) is 0.0874. The van der Waals surface area contributed by atoms with Gasteiger partial charge in [0.15, 0.2) is 16.1 Å². The van der Waals surface area contributed by atoms with Crippen molar-refractivity contribution >= 4 is 15.7 Å². The molecule has 3 aliphatic rings. The van der Waals surface area contributed by atoms with Crippen molar-refractivity contribution in [1.29, 1.82) is 0 Å². The van der Waals surface area contributed by atoms with Crippen molar-refractivity contribution in [3.63, 3.8) is 0 Å². The lowest BCUT2D eigenvalue weighted by molar-refractivity contribution is -0.138. The summed E-state index contributed by atoms with van der Waals surface area (Å²) >= 11 is 0. The second-order valence-corrected chi connectivity index (χ2v) is 12.8. The molecule has 6 nitrogen and oxygen atoms in total. The van der Waals surface area contributed by atoms with Crippen LogP contribution >= 0.6 is 0 Å². The van der Waals surface area contributed by atoms with Gasteiger partial charge in [0, 0.05) is 24.9 Å². The zero-order chi connectivity index (χ0) is 25.7. The monoisotopic (exact) mass is 519 g/mol. The number of nitrogens with zero attached hydrogens (tertiary/aromatic N) is 1. The fraction of sp³-hybridized carbons (Fsp3) is 0.519. The van der Waals surface area contributed by atoms with Crippen molar-refractivity contribution in [2.45, 2.75) is 66.8 Å². The van der Waals surface area contributed by atoms with Gasteiger partial charge in [-0.05, 0) is 92.3 Å². The van der Waals surface area contributed by atoms with Gasteiger partial charge in [0.1, 0.15) is 16.4 Å². The zero-order valence-corrected chi connectivity index (χ0v) is 20.8. The van der Waals surface area contributed by atoms with Gasteiger partial charge < -0.3 is 15.1 Å². The maximum atomic E-state index is 15.1. The molecule has 1 saturated heterocycles. The highest BCUT2D eigenvalue weighted by Gasteiger charge is 2.53. The van der Waals surface area contributed by atoms with E-state index in [0.717, 1.165) is 25.0 Å². The van der Waals surface area contributed by atoms with E-state index in [0.29, 0.717) is 36.8 Å². The van der Waals surface area contributed by atoms with Gasteiger partial charge in [-0.2, -0.15) is 0 Å². The Morgan fingerprint density at radius 1 is 0.972 bits per heavy atom. The Labute approximate surface area is 209 Å². The molecule has 0 aromatic heterocycles. The highest BCUT2D eigenvalue weighted by Crippen LogP contribution is 2.47. The molecular formula is C27H31F2NO5S. The summed E-state index contributed by atoms with van der Waals surface area (Å²) in [5.74, 6) is -1.58. The van der Waals surface area contributed by atoms with Gasteiger partial charge in [0.05, 0.1) is 4.90 Å². The third kappa shape index (κ3) is 4.46. The van der Waals surface area contributed by atoms with Crippen LogP contribution in [-0.2, 0) is 19.4 Å². The van der Waals surface area contributed by atoms with Crippen molar-refractivity contribution in [2.75, 3.05) is 13.1 Å². The Kier molecular flexibility index (Phi) is 6.68. The number of likely N-dealkylation sites (tertiary alicyclic amines) is 1. The van der Waals surface area contributed by atoms with E-state index in [1.54, 1.807) is 17.0 Å². The van der Waals surface area contributed by atoms with E-state index >= 15 is 4.39 Å². The summed E-state index contributed by atoms with van der Waals surface area (Å²) in [6, 6.07) is 9.24. The van der Waals surface area contributed by atoms with Crippen LogP contribution in [0, 0.1) is 23.5 Å². The van der Waals surface area contributed by atoms with E-state index in [1.807, 2.05) is 0 Å². The second kappa shape index (κ2) is 9.50. The number of benzene rings is 2. The minimum atomic E-state index is -4.11. The number of hydrogen-bond donors (Lipinski definition) is 2. The molecule has 2 saturated carbocycles. The summed E-state index contributed by atoms with van der Waals surface area (Å²) < 4.78 is 55.2. The molecule has 2 aliphatic carbocycles. The largest absolute Gasteiger partial charge is 0.368 e. The normalized spacial score (nSPS) is 27.0. The quantitative estimate of drug-likeness (QED) is 0.447. The van der Waals surface area contributed by atoms with Gasteiger partial charge in [-0.25, -0.2) is 17.2 Å². The van der Waals surface area contributed by atoms with Crippen LogP contribution in [0.2, 0.25) is 0 Å². The molecule has 2 aromatic carbocycles. The van der Waals surface area contributed by atoms with Crippen LogP contribution in [0.15, 0.2) is 47.4 Å². The Morgan fingerprint density at radius 3 is 2.22 bits per heavy atom. The van der Waals surface area contributed by atoms with E-state index in [9.17, 15) is 27.8 Å². The number of carbonyl (C=O) groups excluding carboxylic acids is 1. The molecule has 0 unspecified atom stereocenters. The number of sulfone groups is 1. The molecule has 3 fully saturated rings. The molecule has 2 aromatic rings. The minimum absolute atomic E-state index is 0.0673. The lowest BCUT2D eigenvalue weighted by Gasteiger charge is -2.33. The van der Waals surface area contributed by atoms with Crippen LogP contribution in [-0.4, -0.2) is 48.8 Å². The summed E-state index contributed by atoms with van der Waals surface area (Å²) in [7, 11) is -4.11. The number of rotatable bonds is 6. The van der Waals surface area contributed by atoms with Crippen LogP contribution in [0.3, 0.4) is 0 Å². The average molecular weight is 520 g/mol. The standard InChI is InChI=1S/C27H31F2NO5S/c28-21-8-10-22(11-9-21)36(34,35)27(20-7-12-23(17-1-2-17)24(29)15-20)13-14-30(16-27)25(31)18-3-5-19(6-4-18)26(32)33/h7-12,15,17-19,26,32-33H,1-6,13-14,16H2/t18?,19?,27-/m0/s1. The first kappa shape index (κ1) is 25.3. The molecule has 5 rings (SSSR count). The third-order valence-electron chi connectivity index (χ3n) is 8.27. The average Bonchev–Trinajstić information content (AvgIpc) is 3.60. The molecule has 1 heterocycles.